The Kier molecular flexibility index (Phi) is 5.27. The zero-order valence-corrected chi connectivity index (χ0v) is 18.2. The molecule has 1 atom stereocenters. The topological polar surface area (TPSA) is 46.6 Å². The number of carbonyl (C=O) groups excluding carboxylic acids is 2. The van der Waals surface area contributed by atoms with E-state index in [2.05, 4.69) is 13.8 Å². The Labute approximate surface area is 178 Å². The highest BCUT2D eigenvalue weighted by atomic mass is 16.5. The fourth-order valence-electron chi connectivity index (χ4n) is 4.73. The number of Topliss-reactive ketones (excluding diaryl/α,β-unsaturated/α-hetero) is 1. The summed E-state index contributed by atoms with van der Waals surface area (Å²) in [7, 11) is 0. The Morgan fingerprint density at radius 2 is 1.73 bits per heavy atom. The first-order chi connectivity index (χ1) is 14.3. The second-order valence-corrected chi connectivity index (χ2v) is 9.09. The maximum atomic E-state index is 13.4. The molecule has 0 radical (unpaired) electrons. The van der Waals surface area contributed by atoms with Crippen molar-refractivity contribution >= 4 is 17.4 Å². The van der Waals surface area contributed by atoms with Gasteiger partial charge in [0.15, 0.2) is 5.78 Å². The van der Waals surface area contributed by atoms with E-state index in [9.17, 15) is 9.59 Å². The molecule has 0 N–H and O–H groups in total. The molecular weight excluding hydrogens is 374 g/mol. The van der Waals surface area contributed by atoms with Crippen LogP contribution in [-0.4, -0.2) is 18.3 Å². The van der Waals surface area contributed by atoms with Crippen molar-refractivity contribution in [2.24, 2.45) is 5.41 Å². The first-order valence-electron chi connectivity index (χ1n) is 10.7. The van der Waals surface area contributed by atoms with E-state index in [1.165, 1.54) is 0 Å². The van der Waals surface area contributed by atoms with Crippen molar-refractivity contribution < 1.29 is 14.3 Å². The molecule has 1 unspecified atom stereocenters. The largest absolute Gasteiger partial charge is 0.494 e. The highest BCUT2D eigenvalue weighted by molar-refractivity contribution is 6.08. The predicted molar refractivity (Wildman–Crippen MR) is 119 cm³/mol. The summed E-state index contributed by atoms with van der Waals surface area (Å²) in [5, 5.41) is 0. The molecule has 2 aliphatic rings. The van der Waals surface area contributed by atoms with Gasteiger partial charge in [0.1, 0.15) is 5.75 Å². The van der Waals surface area contributed by atoms with Gasteiger partial charge in [-0.25, -0.2) is 0 Å². The molecule has 2 aromatic rings. The maximum absolute atomic E-state index is 13.4. The summed E-state index contributed by atoms with van der Waals surface area (Å²) < 4.78 is 5.85. The molecule has 0 aromatic heterocycles. The van der Waals surface area contributed by atoms with Crippen LogP contribution in [0, 0.1) is 12.3 Å². The third kappa shape index (κ3) is 3.67. The minimum atomic E-state index is -0.263. The van der Waals surface area contributed by atoms with Gasteiger partial charge in [-0.1, -0.05) is 49.7 Å². The van der Waals surface area contributed by atoms with Gasteiger partial charge >= 0.3 is 0 Å². The van der Waals surface area contributed by atoms with E-state index in [4.69, 9.17) is 4.74 Å². The fourth-order valence-corrected chi connectivity index (χ4v) is 4.73. The Hall–Kier alpha value is -2.88. The molecule has 4 nitrogen and oxygen atoms in total. The summed E-state index contributed by atoms with van der Waals surface area (Å²) in [6.07, 6.45) is 1.46. The second-order valence-electron chi connectivity index (χ2n) is 9.09. The number of hydrogen-bond acceptors (Lipinski definition) is 3. The average molecular weight is 404 g/mol. The molecule has 1 heterocycles. The molecule has 1 aliphatic heterocycles. The van der Waals surface area contributed by atoms with Crippen LogP contribution >= 0.6 is 0 Å². The molecule has 1 aliphatic carbocycles. The van der Waals surface area contributed by atoms with Crippen LogP contribution in [0.25, 0.3) is 0 Å². The third-order valence-electron chi connectivity index (χ3n) is 6.03. The van der Waals surface area contributed by atoms with Crippen molar-refractivity contribution in [2.45, 2.75) is 52.9 Å². The summed E-state index contributed by atoms with van der Waals surface area (Å²) >= 11 is 0. The molecule has 0 spiro atoms. The molecular formula is C26H29NO3. The third-order valence-corrected chi connectivity index (χ3v) is 6.03. The fraction of sp³-hybridized carbons (Fsp3) is 0.385. The number of aryl methyl sites for hydroxylation is 1. The maximum Gasteiger partial charge on any atom is 0.232 e. The molecule has 1 amide bonds. The highest BCUT2D eigenvalue weighted by Crippen LogP contribution is 2.49. The molecule has 2 aromatic carbocycles. The van der Waals surface area contributed by atoms with Gasteiger partial charge < -0.3 is 4.74 Å². The lowest BCUT2D eigenvalue weighted by molar-refractivity contribution is -0.121. The number of amides is 1. The van der Waals surface area contributed by atoms with Crippen molar-refractivity contribution in [1.29, 1.82) is 0 Å². The Bertz CT molecular complexity index is 1020. The number of rotatable bonds is 4. The number of para-hydroxylation sites is 1. The van der Waals surface area contributed by atoms with Crippen molar-refractivity contribution in [3.63, 3.8) is 0 Å². The van der Waals surface area contributed by atoms with Crippen molar-refractivity contribution in [2.75, 3.05) is 11.5 Å². The standard InChI is InChI=1S/C26H29NO3/c1-5-30-23-9-7-6-8-19(23)20-14-24(29)27(18-12-10-17(2)11-13-18)21-15-26(3,4)16-22(28)25(20)21/h6-13,20H,5,14-16H2,1-4H3. The molecule has 4 rings (SSSR count). The Balaban J connectivity index is 1.89. The van der Waals surface area contributed by atoms with Gasteiger partial charge in [0.25, 0.3) is 0 Å². The van der Waals surface area contributed by atoms with Gasteiger partial charge in [0, 0.05) is 41.3 Å². The number of ketones is 1. The van der Waals surface area contributed by atoms with E-state index in [0.717, 1.165) is 33.8 Å². The first-order valence-corrected chi connectivity index (χ1v) is 10.7. The minimum absolute atomic E-state index is 0.0272. The van der Waals surface area contributed by atoms with Gasteiger partial charge in [0.05, 0.1) is 6.61 Å². The lowest BCUT2D eigenvalue weighted by Crippen LogP contribution is -2.43. The number of carbonyl (C=O) groups is 2. The molecule has 4 heteroatoms. The van der Waals surface area contributed by atoms with Crippen LogP contribution in [0.15, 0.2) is 59.8 Å². The number of nitrogens with zero attached hydrogens (tertiary/aromatic N) is 1. The van der Waals surface area contributed by atoms with E-state index in [1.807, 2.05) is 62.4 Å². The zero-order valence-electron chi connectivity index (χ0n) is 18.2. The molecule has 0 fully saturated rings. The van der Waals surface area contributed by atoms with Gasteiger partial charge in [-0.3, -0.25) is 14.5 Å². The van der Waals surface area contributed by atoms with E-state index < -0.39 is 0 Å². The van der Waals surface area contributed by atoms with E-state index >= 15 is 0 Å². The number of allylic oxidation sites excluding steroid dienone is 2. The summed E-state index contributed by atoms with van der Waals surface area (Å²) in [5.41, 5.74) is 4.35. The number of anilines is 1. The number of benzene rings is 2. The van der Waals surface area contributed by atoms with E-state index in [1.54, 1.807) is 4.90 Å². The Morgan fingerprint density at radius 3 is 2.43 bits per heavy atom. The molecule has 0 bridgehead atoms. The van der Waals surface area contributed by atoms with Crippen molar-refractivity contribution in [3.05, 3.63) is 70.9 Å². The second kappa shape index (κ2) is 7.75. The molecule has 0 saturated heterocycles. The van der Waals surface area contributed by atoms with E-state index in [0.29, 0.717) is 19.4 Å². The first kappa shape index (κ1) is 20.4. The number of ether oxygens (including phenoxy) is 1. The smallest absolute Gasteiger partial charge is 0.232 e. The van der Waals surface area contributed by atoms with E-state index in [-0.39, 0.29) is 29.4 Å². The van der Waals surface area contributed by atoms with Crippen molar-refractivity contribution in [3.8, 4) is 5.75 Å². The minimum Gasteiger partial charge on any atom is -0.494 e. The average Bonchev–Trinajstić information content (AvgIpc) is 2.68. The lowest BCUT2D eigenvalue weighted by atomic mass is 9.69. The van der Waals surface area contributed by atoms with Gasteiger partial charge in [-0.15, -0.1) is 0 Å². The van der Waals surface area contributed by atoms with Crippen LogP contribution in [0.2, 0.25) is 0 Å². The van der Waals surface area contributed by atoms with Crippen LogP contribution in [0.5, 0.6) is 5.75 Å². The highest BCUT2D eigenvalue weighted by Gasteiger charge is 2.44. The molecule has 0 saturated carbocycles. The van der Waals surface area contributed by atoms with Crippen LogP contribution in [-0.2, 0) is 9.59 Å². The normalized spacial score (nSPS) is 20.9. The monoisotopic (exact) mass is 403 g/mol. The molecule has 156 valence electrons. The predicted octanol–water partition coefficient (Wildman–Crippen LogP) is 5.56. The lowest BCUT2D eigenvalue weighted by Gasteiger charge is -2.43. The summed E-state index contributed by atoms with van der Waals surface area (Å²) in [6.45, 7) is 8.72. The van der Waals surface area contributed by atoms with Crippen molar-refractivity contribution in [1.82, 2.24) is 0 Å². The quantitative estimate of drug-likeness (QED) is 0.672. The van der Waals surface area contributed by atoms with Crippen LogP contribution in [0.1, 0.15) is 57.1 Å². The van der Waals surface area contributed by atoms with Crippen LogP contribution < -0.4 is 9.64 Å². The Morgan fingerprint density at radius 1 is 1.03 bits per heavy atom. The molecule has 30 heavy (non-hydrogen) atoms. The van der Waals surface area contributed by atoms with Gasteiger partial charge in [-0.05, 0) is 43.9 Å². The van der Waals surface area contributed by atoms with Gasteiger partial charge in [0.2, 0.25) is 5.91 Å². The SMILES string of the molecule is CCOc1ccccc1C1CC(=O)N(c2ccc(C)cc2)C2=C1C(=O)CC(C)(C)C2. The van der Waals surface area contributed by atoms with Crippen LogP contribution in [0.4, 0.5) is 5.69 Å². The summed E-state index contributed by atoms with van der Waals surface area (Å²) in [5.74, 6) is 0.660. The summed E-state index contributed by atoms with van der Waals surface area (Å²) in [6, 6.07) is 15.8. The number of hydrogen-bond donors (Lipinski definition) is 0. The zero-order chi connectivity index (χ0) is 21.5. The van der Waals surface area contributed by atoms with Crippen LogP contribution in [0.3, 0.4) is 0 Å². The van der Waals surface area contributed by atoms with Gasteiger partial charge in [-0.2, -0.15) is 0 Å². The summed E-state index contributed by atoms with van der Waals surface area (Å²) in [4.78, 5) is 28.6.